The Bertz CT molecular complexity index is 522. The van der Waals surface area contributed by atoms with E-state index < -0.39 is 45.1 Å². The van der Waals surface area contributed by atoms with Gasteiger partial charge >= 0.3 is 11.5 Å². The summed E-state index contributed by atoms with van der Waals surface area (Å²) in [5.41, 5.74) is -5.93. The molecule has 0 fully saturated rings. The van der Waals surface area contributed by atoms with Crippen LogP contribution in [0.1, 0.15) is 15.9 Å². The number of rotatable bonds is 2. The highest BCUT2D eigenvalue weighted by Gasteiger charge is 2.34. The van der Waals surface area contributed by atoms with Gasteiger partial charge in [-0.3, -0.25) is 0 Å². The van der Waals surface area contributed by atoms with Gasteiger partial charge in [0.25, 0.3) is 0 Å². The molecule has 96 valence electrons. The van der Waals surface area contributed by atoms with Crippen molar-refractivity contribution < 1.29 is 27.1 Å². The number of alkyl halides is 3. The number of carbonyl (C=O) groups is 1. The van der Waals surface area contributed by atoms with Crippen LogP contribution in [0.25, 0.3) is 0 Å². The summed E-state index contributed by atoms with van der Waals surface area (Å²) in [7, 11) is 0.959. The zero-order chi connectivity index (χ0) is 13.9. The quantitative estimate of drug-likeness (QED) is 0.474. The van der Waals surface area contributed by atoms with E-state index in [0.29, 0.717) is 0 Å². The summed E-state index contributed by atoms with van der Waals surface area (Å²) in [5, 5.41) is 8.53. The van der Waals surface area contributed by atoms with Crippen molar-refractivity contribution in [2.24, 2.45) is 0 Å². The van der Waals surface area contributed by atoms with E-state index in [1.807, 2.05) is 0 Å². The van der Waals surface area contributed by atoms with Gasteiger partial charge < -0.3 is 4.74 Å². The standard InChI is InChI=1S/C10H5F4NO2S/c1-17-9(16)6-3-2-5(4-15)7(11)8(6)18-10(12,13)14/h2-3H,1H3. The molecule has 18 heavy (non-hydrogen) atoms. The number of methoxy groups -OCH3 is 1. The number of nitrogens with zero attached hydrogens (tertiary/aromatic N) is 1. The first-order valence-corrected chi connectivity index (χ1v) is 5.18. The molecule has 0 N–H and O–H groups in total. The minimum atomic E-state index is -4.78. The van der Waals surface area contributed by atoms with Gasteiger partial charge in [0.2, 0.25) is 0 Å². The zero-order valence-electron chi connectivity index (χ0n) is 8.84. The molecule has 0 aliphatic heterocycles. The fourth-order valence-electron chi connectivity index (χ4n) is 1.13. The van der Waals surface area contributed by atoms with E-state index in [0.717, 1.165) is 19.2 Å². The fourth-order valence-corrected chi connectivity index (χ4v) is 1.82. The molecule has 0 saturated heterocycles. The highest BCUT2D eigenvalue weighted by atomic mass is 32.2. The minimum Gasteiger partial charge on any atom is -0.465 e. The molecular weight excluding hydrogens is 274 g/mol. The first-order chi connectivity index (χ1) is 8.30. The van der Waals surface area contributed by atoms with Gasteiger partial charge in [-0.25, -0.2) is 9.18 Å². The van der Waals surface area contributed by atoms with Crippen molar-refractivity contribution in [3.05, 3.63) is 29.1 Å². The van der Waals surface area contributed by atoms with Crippen molar-refractivity contribution in [1.82, 2.24) is 0 Å². The second kappa shape index (κ2) is 5.27. The number of hydrogen-bond acceptors (Lipinski definition) is 4. The Kier molecular flexibility index (Phi) is 4.19. The van der Waals surface area contributed by atoms with Crippen LogP contribution in [0, 0.1) is 17.1 Å². The third-order valence-corrected chi connectivity index (χ3v) is 2.68. The van der Waals surface area contributed by atoms with Crippen LogP contribution >= 0.6 is 11.8 Å². The molecule has 0 aromatic heterocycles. The number of halogens is 4. The average molecular weight is 279 g/mol. The van der Waals surface area contributed by atoms with Crippen LogP contribution < -0.4 is 0 Å². The third kappa shape index (κ3) is 3.13. The number of ether oxygens (including phenoxy) is 1. The molecule has 8 heteroatoms. The first kappa shape index (κ1) is 14.3. The molecule has 0 aliphatic carbocycles. The number of nitriles is 1. The SMILES string of the molecule is COC(=O)c1ccc(C#N)c(F)c1SC(F)(F)F. The molecule has 0 radical (unpaired) electrons. The number of hydrogen-bond donors (Lipinski definition) is 0. The lowest BCUT2D eigenvalue weighted by molar-refractivity contribution is -0.0329. The van der Waals surface area contributed by atoms with Crippen molar-refractivity contribution in [3.63, 3.8) is 0 Å². The van der Waals surface area contributed by atoms with Crippen LogP contribution in [-0.4, -0.2) is 18.6 Å². The molecule has 0 spiro atoms. The summed E-state index contributed by atoms with van der Waals surface area (Å²) in [4.78, 5) is 10.3. The van der Waals surface area contributed by atoms with Gasteiger partial charge in [-0.1, -0.05) is 0 Å². The summed E-state index contributed by atoms with van der Waals surface area (Å²) in [6, 6.07) is 3.23. The lowest BCUT2D eigenvalue weighted by atomic mass is 10.1. The summed E-state index contributed by atoms with van der Waals surface area (Å²) < 4.78 is 54.7. The second-order valence-corrected chi connectivity index (χ2v) is 4.03. The highest BCUT2D eigenvalue weighted by Crippen LogP contribution is 2.40. The number of carbonyl (C=O) groups excluding carboxylic acids is 1. The van der Waals surface area contributed by atoms with Gasteiger partial charge in [0.05, 0.1) is 23.1 Å². The van der Waals surface area contributed by atoms with Crippen LogP contribution in [0.3, 0.4) is 0 Å². The van der Waals surface area contributed by atoms with Crippen molar-refractivity contribution in [2.75, 3.05) is 7.11 Å². The Hall–Kier alpha value is -1.75. The molecule has 1 aromatic rings. The molecule has 0 saturated carbocycles. The topological polar surface area (TPSA) is 50.1 Å². The third-order valence-electron chi connectivity index (χ3n) is 1.84. The van der Waals surface area contributed by atoms with Gasteiger partial charge in [0.1, 0.15) is 6.07 Å². The Balaban J connectivity index is 3.41. The van der Waals surface area contributed by atoms with E-state index in [2.05, 4.69) is 4.74 Å². The molecule has 0 aliphatic rings. The van der Waals surface area contributed by atoms with Crippen LogP contribution in [0.5, 0.6) is 0 Å². The summed E-state index contributed by atoms with van der Waals surface area (Å²) >= 11 is -0.800. The maximum Gasteiger partial charge on any atom is 0.446 e. The van der Waals surface area contributed by atoms with E-state index in [1.165, 1.54) is 6.07 Å². The summed E-state index contributed by atoms with van der Waals surface area (Å²) in [6.45, 7) is 0. The van der Waals surface area contributed by atoms with Gasteiger partial charge in [0.15, 0.2) is 5.82 Å². The lowest BCUT2D eigenvalue weighted by Crippen LogP contribution is -2.09. The largest absolute Gasteiger partial charge is 0.465 e. The molecule has 0 atom stereocenters. The summed E-state index contributed by atoms with van der Waals surface area (Å²) in [6.07, 6.45) is 0. The van der Waals surface area contributed by atoms with Gasteiger partial charge in [-0.05, 0) is 23.9 Å². The van der Waals surface area contributed by atoms with Crippen molar-refractivity contribution in [1.29, 1.82) is 5.26 Å². The lowest BCUT2D eigenvalue weighted by Gasteiger charge is -2.11. The van der Waals surface area contributed by atoms with E-state index in [9.17, 15) is 22.4 Å². The van der Waals surface area contributed by atoms with Crippen molar-refractivity contribution in [3.8, 4) is 6.07 Å². The van der Waals surface area contributed by atoms with Gasteiger partial charge in [-0.15, -0.1) is 0 Å². The average Bonchev–Trinajstić information content (AvgIpc) is 2.29. The number of benzene rings is 1. The van der Waals surface area contributed by atoms with Crippen LogP contribution in [0.15, 0.2) is 17.0 Å². The van der Waals surface area contributed by atoms with E-state index >= 15 is 0 Å². The Labute approximate surface area is 103 Å². The molecule has 3 nitrogen and oxygen atoms in total. The number of esters is 1. The Morgan fingerprint density at radius 1 is 1.44 bits per heavy atom. The highest BCUT2D eigenvalue weighted by molar-refractivity contribution is 8.00. The maximum absolute atomic E-state index is 13.6. The Morgan fingerprint density at radius 3 is 2.50 bits per heavy atom. The van der Waals surface area contributed by atoms with E-state index in [4.69, 9.17) is 5.26 Å². The first-order valence-electron chi connectivity index (χ1n) is 4.36. The van der Waals surface area contributed by atoms with Crippen molar-refractivity contribution in [2.45, 2.75) is 10.4 Å². The van der Waals surface area contributed by atoms with E-state index in [-0.39, 0.29) is 0 Å². The van der Waals surface area contributed by atoms with Crippen LogP contribution in [0.2, 0.25) is 0 Å². The zero-order valence-corrected chi connectivity index (χ0v) is 9.66. The van der Waals surface area contributed by atoms with Crippen LogP contribution in [-0.2, 0) is 4.74 Å². The number of thioether (sulfide) groups is 1. The molecule has 1 aromatic carbocycles. The van der Waals surface area contributed by atoms with Crippen molar-refractivity contribution >= 4 is 17.7 Å². The predicted molar refractivity (Wildman–Crippen MR) is 54.4 cm³/mol. The monoisotopic (exact) mass is 279 g/mol. The molecule has 1 rings (SSSR count). The fraction of sp³-hybridized carbons (Fsp3) is 0.200. The maximum atomic E-state index is 13.6. The summed E-state index contributed by atoms with van der Waals surface area (Å²) in [5.74, 6) is -2.49. The molecule has 0 heterocycles. The van der Waals surface area contributed by atoms with E-state index in [1.54, 1.807) is 0 Å². The second-order valence-electron chi connectivity index (χ2n) is 2.95. The predicted octanol–water partition coefficient (Wildman–Crippen LogP) is 3.10. The minimum absolute atomic E-state index is 0.573. The normalized spacial score (nSPS) is 10.9. The molecule has 0 unspecified atom stereocenters. The Morgan fingerprint density at radius 2 is 2.06 bits per heavy atom. The molecule has 0 amide bonds. The van der Waals surface area contributed by atoms with Gasteiger partial charge in [-0.2, -0.15) is 18.4 Å². The van der Waals surface area contributed by atoms with Gasteiger partial charge in [0, 0.05) is 0 Å². The molecule has 0 bridgehead atoms. The smallest absolute Gasteiger partial charge is 0.446 e. The molecular formula is C10H5F4NO2S. The van der Waals surface area contributed by atoms with Crippen LogP contribution in [0.4, 0.5) is 17.6 Å².